The van der Waals surface area contributed by atoms with Crippen molar-refractivity contribution >= 4 is 11.2 Å². The van der Waals surface area contributed by atoms with Crippen molar-refractivity contribution in [2.75, 3.05) is 7.11 Å². The fraction of sp³-hybridized carbons (Fsp3) is 0.667. The third kappa shape index (κ3) is 3.50. The minimum Gasteiger partial charge on any atom is -0.479 e. The van der Waals surface area contributed by atoms with Crippen molar-refractivity contribution in [1.82, 2.24) is 19.5 Å². The van der Waals surface area contributed by atoms with Gasteiger partial charge in [-0.2, -0.15) is 4.98 Å². The molecule has 2 atom stereocenters. The standard InChI is InChI=1S/C15H24N4O2/c1-4-5-6-7-8-12(11(2)20)19-10-18-13-14(19)16-9-17-15(13)21-3/h9-12,20H,4-8H2,1-3H3/t11-,12+/m0/s1. The van der Waals surface area contributed by atoms with E-state index >= 15 is 0 Å². The second-order valence-electron chi connectivity index (χ2n) is 5.36. The highest BCUT2D eigenvalue weighted by molar-refractivity contribution is 5.76. The van der Waals surface area contributed by atoms with E-state index in [0.29, 0.717) is 17.0 Å². The van der Waals surface area contributed by atoms with Crippen LogP contribution < -0.4 is 4.74 Å². The molecule has 2 aromatic rings. The molecule has 0 amide bonds. The number of nitrogens with zero attached hydrogens (tertiary/aromatic N) is 4. The number of imidazole rings is 1. The summed E-state index contributed by atoms with van der Waals surface area (Å²) in [4.78, 5) is 12.7. The van der Waals surface area contributed by atoms with E-state index in [1.165, 1.54) is 25.6 Å². The Morgan fingerprint density at radius 1 is 1.24 bits per heavy atom. The van der Waals surface area contributed by atoms with Gasteiger partial charge in [0.05, 0.1) is 25.6 Å². The van der Waals surface area contributed by atoms with E-state index < -0.39 is 6.10 Å². The highest BCUT2D eigenvalue weighted by atomic mass is 16.5. The Morgan fingerprint density at radius 3 is 2.71 bits per heavy atom. The summed E-state index contributed by atoms with van der Waals surface area (Å²) in [5.74, 6) is 0.467. The lowest BCUT2D eigenvalue weighted by Crippen LogP contribution is -2.21. The van der Waals surface area contributed by atoms with Crippen LogP contribution >= 0.6 is 0 Å². The van der Waals surface area contributed by atoms with Crippen LogP contribution in [0.15, 0.2) is 12.7 Å². The predicted octanol–water partition coefficient (Wildman–Crippen LogP) is 2.73. The third-order valence-corrected chi connectivity index (χ3v) is 3.79. The van der Waals surface area contributed by atoms with Crippen molar-refractivity contribution in [1.29, 1.82) is 0 Å². The summed E-state index contributed by atoms with van der Waals surface area (Å²) >= 11 is 0. The van der Waals surface area contributed by atoms with E-state index in [1.54, 1.807) is 13.4 Å². The Kier molecular flexibility index (Phi) is 5.50. The number of hydrogen-bond donors (Lipinski definition) is 1. The van der Waals surface area contributed by atoms with Gasteiger partial charge in [0.2, 0.25) is 5.88 Å². The molecule has 0 bridgehead atoms. The molecule has 0 aromatic carbocycles. The van der Waals surface area contributed by atoms with E-state index in [0.717, 1.165) is 12.8 Å². The van der Waals surface area contributed by atoms with Gasteiger partial charge in [-0.3, -0.25) is 0 Å². The molecule has 0 aliphatic carbocycles. The van der Waals surface area contributed by atoms with Gasteiger partial charge in [-0.15, -0.1) is 0 Å². The summed E-state index contributed by atoms with van der Waals surface area (Å²) in [5, 5.41) is 10.1. The lowest BCUT2D eigenvalue weighted by molar-refractivity contribution is 0.124. The summed E-state index contributed by atoms with van der Waals surface area (Å²) in [6.45, 7) is 4.01. The van der Waals surface area contributed by atoms with Gasteiger partial charge in [0.15, 0.2) is 11.2 Å². The number of aliphatic hydroxyl groups excluding tert-OH is 1. The highest BCUT2D eigenvalue weighted by Gasteiger charge is 2.21. The third-order valence-electron chi connectivity index (χ3n) is 3.79. The number of aliphatic hydroxyl groups is 1. The molecule has 0 radical (unpaired) electrons. The molecule has 6 nitrogen and oxygen atoms in total. The molecule has 21 heavy (non-hydrogen) atoms. The van der Waals surface area contributed by atoms with Gasteiger partial charge in [-0.25, -0.2) is 9.97 Å². The topological polar surface area (TPSA) is 73.1 Å². The maximum atomic E-state index is 10.1. The van der Waals surface area contributed by atoms with Crippen molar-refractivity contribution in [3.05, 3.63) is 12.7 Å². The Balaban J connectivity index is 2.24. The molecule has 6 heteroatoms. The highest BCUT2D eigenvalue weighted by Crippen LogP contribution is 2.26. The molecule has 0 unspecified atom stereocenters. The second kappa shape index (κ2) is 7.36. The molecule has 0 fully saturated rings. The monoisotopic (exact) mass is 292 g/mol. The van der Waals surface area contributed by atoms with E-state index in [1.807, 2.05) is 11.5 Å². The van der Waals surface area contributed by atoms with Crippen molar-refractivity contribution < 1.29 is 9.84 Å². The molecular formula is C15H24N4O2. The Bertz CT molecular complexity index is 568. The van der Waals surface area contributed by atoms with Crippen LogP contribution in [0.5, 0.6) is 5.88 Å². The minimum absolute atomic E-state index is 0.0218. The maximum absolute atomic E-state index is 10.1. The van der Waals surface area contributed by atoms with Crippen LogP contribution in [0.1, 0.15) is 52.0 Å². The van der Waals surface area contributed by atoms with Gasteiger partial charge in [0.1, 0.15) is 6.33 Å². The van der Waals surface area contributed by atoms with Gasteiger partial charge < -0.3 is 14.4 Å². The van der Waals surface area contributed by atoms with Gasteiger partial charge in [0.25, 0.3) is 0 Å². The van der Waals surface area contributed by atoms with Crippen LogP contribution in [0, 0.1) is 0 Å². The van der Waals surface area contributed by atoms with Crippen LogP contribution in [-0.4, -0.2) is 37.8 Å². The van der Waals surface area contributed by atoms with Gasteiger partial charge in [-0.1, -0.05) is 32.6 Å². The lowest BCUT2D eigenvalue weighted by atomic mass is 10.0. The number of ether oxygens (including phenoxy) is 1. The first-order chi connectivity index (χ1) is 10.2. The molecule has 0 aliphatic rings. The molecule has 2 rings (SSSR count). The summed E-state index contributed by atoms with van der Waals surface area (Å²) in [7, 11) is 1.57. The largest absolute Gasteiger partial charge is 0.479 e. The van der Waals surface area contributed by atoms with Crippen molar-refractivity contribution in [3.63, 3.8) is 0 Å². The van der Waals surface area contributed by atoms with Crippen LogP contribution in [0.4, 0.5) is 0 Å². The zero-order chi connectivity index (χ0) is 15.2. The summed E-state index contributed by atoms with van der Waals surface area (Å²) in [6, 6.07) is -0.0218. The van der Waals surface area contributed by atoms with Crippen LogP contribution in [0.3, 0.4) is 0 Å². The van der Waals surface area contributed by atoms with E-state index in [9.17, 15) is 5.11 Å². The summed E-state index contributed by atoms with van der Waals surface area (Å²) in [5.41, 5.74) is 1.35. The second-order valence-corrected chi connectivity index (χ2v) is 5.36. The molecule has 0 saturated carbocycles. The number of methoxy groups -OCH3 is 1. The maximum Gasteiger partial charge on any atom is 0.245 e. The van der Waals surface area contributed by atoms with Gasteiger partial charge >= 0.3 is 0 Å². The molecule has 1 N–H and O–H groups in total. The van der Waals surface area contributed by atoms with Gasteiger partial charge in [-0.05, 0) is 13.3 Å². The van der Waals surface area contributed by atoms with Gasteiger partial charge in [0, 0.05) is 0 Å². The summed E-state index contributed by atoms with van der Waals surface area (Å²) in [6.07, 6.45) is 8.36. The quantitative estimate of drug-likeness (QED) is 0.757. The Morgan fingerprint density at radius 2 is 2.05 bits per heavy atom. The van der Waals surface area contributed by atoms with Crippen LogP contribution in [0.2, 0.25) is 0 Å². The average Bonchev–Trinajstić information content (AvgIpc) is 2.90. The SMILES string of the molecule is CCCCCC[C@H]([C@H](C)O)n1cnc2c(OC)ncnc21. The zero-order valence-electron chi connectivity index (χ0n) is 13.0. The number of hydrogen-bond acceptors (Lipinski definition) is 5. The van der Waals surface area contributed by atoms with Crippen LogP contribution in [0.25, 0.3) is 11.2 Å². The fourth-order valence-corrected chi connectivity index (χ4v) is 2.62. The predicted molar refractivity (Wildman–Crippen MR) is 81.4 cm³/mol. The molecule has 2 aromatic heterocycles. The fourth-order valence-electron chi connectivity index (χ4n) is 2.62. The molecule has 0 spiro atoms. The van der Waals surface area contributed by atoms with E-state index in [-0.39, 0.29) is 6.04 Å². The lowest BCUT2D eigenvalue weighted by Gasteiger charge is -2.21. The Hall–Kier alpha value is -1.69. The molecule has 0 saturated heterocycles. The minimum atomic E-state index is -0.454. The number of aromatic nitrogens is 4. The summed E-state index contributed by atoms with van der Waals surface area (Å²) < 4.78 is 7.15. The Labute approximate surface area is 125 Å². The average molecular weight is 292 g/mol. The zero-order valence-corrected chi connectivity index (χ0v) is 13.0. The molecule has 0 aliphatic heterocycles. The molecule has 116 valence electrons. The van der Waals surface area contributed by atoms with E-state index in [2.05, 4.69) is 21.9 Å². The first-order valence-corrected chi connectivity index (χ1v) is 7.58. The number of rotatable bonds is 8. The number of unbranched alkanes of at least 4 members (excludes halogenated alkanes) is 3. The smallest absolute Gasteiger partial charge is 0.245 e. The first-order valence-electron chi connectivity index (χ1n) is 7.58. The van der Waals surface area contributed by atoms with Crippen molar-refractivity contribution in [2.45, 2.75) is 58.1 Å². The van der Waals surface area contributed by atoms with Crippen LogP contribution in [-0.2, 0) is 0 Å². The number of fused-ring (bicyclic) bond motifs is 1. The van der Waals surface area contributed by atoms with E-state index in [4.69, 9.17) is 4.74 Å². The molecular weight excluding hydrogens is 268 g/mol. The van der Waals surface area contributed by atoms with Crippen molar-refractivity contribution in [3.8, 4) is 5.88 Å². The van der Waals surface area contributed by atoms with Crippen molar-refractivity contribution in [2.24, 2.45) is 0 Å². The normalized spacial score (nSPS) is 14.3. The molecule has 2 heterocycles. The first kappa shape index (κ1) is 15.7.